The van der Waals surface area contributed by atoms with Crippen LogP contribution in [0.15, 0.2) is 48.5 Å². The van der Waals surface area contributed by atoms with Crippen LogP contribution in [0.25, 0.3) is 0 Å². The number of nitrogens with two attached hydrogens (primary N) is 1. The van der Waals surface area contributed by atoms with E-state index in [1.165, 1.54) is 0 Å². The molecule has 2 aliphatic rings. The zero-order valence-electron chi connectivity index (χ0n) is 13.5. The van der Waals surface area contributed by atoms with Gasteiger partial charge in [0.2, 0.25) is 0 Å². The number of para-hydroxylation sites is 3. The van der Waals surface area contributed by atoms with Gasteiger partial charge < -0.3 is 15.5 Å². The number of nitrogen functional groups attached to an aromatic ring is 1. The normalized spacial score (nSPS) is 21.2. The van der Waals surface area contributed by atoms with Crippen molar-refractivity contribution in [3.63, 3.8) is 0 Å². The van der Waals surface area contributed by atoms with Crippen LogP contribution in [-0.4, -0.2) is 30.1 Å². The molecule has 0 radical (unpaired) electrons. The molecule has 2 heterocycles. The minimum Gasteiger partial charge on any atom is -0.425 e. The van der Waals surface area contributed by atoms with Gasteiger partial charge in [-0.05, 0) is 43.0 Å². The number of hydrogen-bond donors (Lipinski definition) is 1. The van der Waals surface area contributed by atoms with Gasteiger partial charge in [0, 0.05) is 13.1 Å². The third-order valence-corrected chi connectivity index (χ3v) is 4.80. The largest absolute Gasteiger partial charge is 0.425 e. The summed E-state index contributed by atoms with van der Waals surface area (Å²) in [5.74, 6) is 0.499. The number of esters is 1. The van der Waals surface area contributed by atoms with Crippen molar-refractivity contribution in [3.05, 3.63) is 54.1 Å². The quantitative estimate of drug-likeness (QED) is 0.497. The SMILES string of the molecule is Nc1ccccc1N1CCc2ccccc2OC(=O)C2CCCN21. The Kier molecular flexibility index (Phi) is 3.86. The van der Waals surface area contributed by atoms with Gasteiger partial charge in [-0.2, -0.15) is 0 Å². The molecule has 124 valence electrons. The highest BCUT2D eigenvalue weighted by Gasteiger charge is 2.37. The fraction of sp³-hybridized carbons (Fsp3) is 0.316. The van der Waals surface area contributed by atoms with Crippen molar-refractivity contribution in [3.8, 4) is 5.75 Å². The van der Waals surface area contributed by atoms with Crippen molar-refractivity contribution in [1.29, 1.82) is 0 Å². The first-order valence-electron chi connectivity index (χ1n) is 8.42. The molecule has 0 aromatic heterocycles. The van der Waals surface area contributed by atoms with E-state index in [2.05, 4.69) is 10.0 Å². The number of carbonyl (C=O) groups excluding carboxylic acids is 1. The molecule has 24 heavy (non-hydrogen) atoms. The molecule has 0 amide bonds. The van der Waals surface area contributed by atoms with Gasteiger partial charge in [0.15, 0.2) is 0 Å². The van der Waals surface area contributed by atoms with Crippen LogP contribution < -0.4 is 15.5 Å². The van der Waals surface area contributed by atoms with E-state index in [4.69, 9.17) is 10.5 Å². The van der Waals surface area contributed by atoms with Crippen LogP contribution in [0.5, 0.6) is 5.75 Å². The van der Waals surface area contributed by atoms with Crippen molar-refractivity contribution < 1.29 is 9.53 Å². The zero-order valence-corrected chi connectivity index (χ0v) is 13.5. The Morgan fingerprint density at radius 3 is 2.71 bits per heavy atom. The maximum atomic E-state index is 12.7. The van der Waals surface area contributed by atoms with E-state index in [9.17, 15) is 4.79 Å². The molecule has 2 aromatic carbocycles. The van der Waals surface area contributed by atoms with E-state index < -0.39 is 0 Å². The van der Waals surface area contributed by atoms with Gasteiger partial charge in [0.1, 0.15) is 11.8 Å². The number of rotatable bonds is 1. The molecule has 1 atom stereocenters. The third kappa shape index (κ3) is 2.61. The maximum absolute atomic E-state index is 12.7. The highest BCUT2D eigenvalue weighted by molar-refractivity contribution is 5.80. The molecule has 0 aliphatic carbocycles. The summed E-state index contributed by atoms with van der Waals surface area (Å²) < 4.78 is 5.71. The fourth-order valence-electron chi connectivity index (χ4n) is 3.60. The smallest absolute Gasteiger partial charge is 0.330 e. The first-order valence-corrected chi connectivity index (χ1v) is 8.42. The Bertz CT molecular complexity index is 762. The summed E-state index contributed by atoms with van der Waals surface area (Å²) in [5.41, 5.74) is 8.94. The van der Waals surface area contributed by atoms with E-state index in [-0.39, 0.29) is 12.0 Å². The van der Waals surface area contributed by atoms with Crippen molar-refractivity contribution in [1.82, 2.24) is 5.01 Å². The predicted octanol–water partition coefficient (Wildman–Crippen LogP) is 2.62. The average Bonchev–Trinajstić information content (AvgIpc) is 3.08. The number of benzene rings is 2. The van der Waals surface area contributed by atoms with E-state index in [1.807, 2.05) is 48.5 Å². The molecule has 5 heteroatoms. The summed E-state index contributed by atoms with van der Waals surface area (Å²) in [6, 6.07) is 15.4. The van der Waals surface area contributed by atoms with Crippen LogP contribution in [0.2, 0.25) is 0 Å². The standard InChI is InChI=1S/C19H21N3O2/c20-15-7-2-3-8-16(15)22-13-11-14-6-1-4-10-18(14)24-19(23)17-9-5-12-21(17)22/h1-4,6-8,10,17H,5,9,11-13,20H2. The van der Waals surface area contributed by atoms with Gasteiger partial charge in [0.05, 0.1) is 11.4 Å². The van der Waals surface area contributed by atoms with E-state index in [0.29, 0.717) is 5.75 Å². The summed E-state index contributed by atoms with van der Waals surface area (Å²) in [4.78, 5) is 12.7. The summed E-state index contributed by atoms with van der Waals surface area (Å²) in [6.07, 6.45) is 2.58. The maximum Gasteiger partial charge on any atom is 0.330 e. The lowest BCUT2D eigenvalue weighted by Gasteiger charge is -2.36. The number of nitrogens with zero attached hydrogens (tertiary/aromatic N) is 2. The number of ether oxygens (including phenoxy) is 1. The first kappa shape index (κ1) is 15.0. The highest BCUT2D eigenvalue weighted by atomic mass is 16.5. The summed E-state index contributed by atoms with van der Waals surface area (Å²) >= 11 is 0. The Balaban J connectivity index is 1.76. The van der Waals surface area contributed by atoms with E-state index in [0.717, 1.165) is 49.3 Å². The summed E-state index contributed by atoms with van der Waals surface area (Å²) in [7, 11) is 0. The molecular weight excluding hydrogens is 302 g/mol. The Labute approximate surface area is 141 Å². The van der Waals surface area contributed by atoms with Crippen LogP contribution >= 0.6 is 0 Å². The summed E-state index contributed by atoms with van der Waals surface area (Å²) in [6.45, 7) is 1.60. The highest BCUT2D eigenvalue weighted by Crippen LogP contribution is 2.32. The van der Waals surface area contributed by atoms with Gasteiger partial charge in [0.25, 0.3) is 0 Å². The van der Waals surface area contributed by atoms with Gasteiger partial charge in [-0.1, -0.05) is 30.3 Å². The molecule has 0 bridgehead atoms. The van der Waals surface area contributed by atoms with Crippen molar-refractivity contribution in [2.75, 3.05) is 23.8 Å². The Morgan fingerprint density at radius 2 is 1.83 bits per heavy atom. The number of carbonyl (C=O) groups is 1. The van der Waals surface area contributed by atoms with Crippen LogP contribution in [0.4, 0.5) is 11.4 Å². The average molecular weight is 323 g/mol. The molecule has 0 spiro atoms. The van der Waals surface area contributed by atoms with Gasteiger partial charge in [-0.3, -0.25) is 0 Å². The molecular formula is C19H21N3O2. The second-order valence-corrected chi connectivity index (χ2v) is 6.28. The molecule has 2 aliphatic heterocycles. The zero-order chi connectivity index (χ0) is 16.5. The molecule has 1 unspecified atom stereocenters. The van der Waals surface area contributed by atoms with E-state index >= 15 is 0 Å². The lowest BCUT2D eigenvalue weighted by atomic mass is 10.1. The Morgan fingerprint density at radius 1 is 1.04 bits per heavy atom. The number of anilines is 2. The van der Waals surface area contributed by atoms with Crippen molar-refractivity contribution in [2.24, 2.45) is 0 Å². The molecule has 2 aromatic rings. The topological polar surface area (TPSA) is 58.8 Å². The van der Waals surface area contributed by atoms with Crippen molar-refractivity contribution >= 4 is 17.3 Å². The van der Waals surface area contributed by atoms with Crippen LogP contribution in [0.3, 0.4) is 0 Å². The molecule has 1 saturated heterocycles. The van der Waals surface area contributed by atoms with Crippen molar-refractivity contribution in [2.45, 2.75) is 25.3 Å². The minimum atomic E-state index is -0.254. The van der Waals surface area contributed by atoms with Gasteiger partial charge >= 0.3 is 5.97 Å². The molecule has 5 nitrogen and oxygen atoms in total. The number of hydrazine groups is 1. The number of fused-ring (bicyclic) bond motifs is 2. The molecule has 2 N–H and O–H groups in total. The van der Waals surface area contributed by atoms with Crippen LogP contribution in [0, 0.1) is 0 Å². The number of hydrogen-bond acceptors (Lipinski definition) is 5. The lowest BCUT2D eigenvalue weighted by Crippen LogP contribution is -2.50. The second kappa shape index (κ2) is 6.17. The molecule has 0 saturated carbocycles. The Hall–Kier alpha value is -2.53. The van der Waals surface area contributed by atoms with Gasteiger partial charge in [-0.25, -0.2) is 9.80 Å². The molecule has 1 fully saturated rings. The monoisotopic (exact) mass is 323 g/mol. The first-order chi connectivity index (χ1) is 11.7. The van der Waals surface area contributed by atoms with Crippen LogP contribution in [-0.2, 0) is 11.2 Å². The third-order valence-electron chi connectivity index (χ3n) is 4.80. The van der Waals surface area contributed by atoms with E-state index in [1.54, 1.807) is 0 Å². The van der Waals surface area contributed by atoms with Gasteiger partial charge in [-0.15, -0.1) is 0 Å². The second-order valence-electron chi connectivity index (χ2n) is 6.28. The molecule has 4 rings (SSSR count). The predicted molar refractivity (Wildman–Crippen MR) is 93.7 cm³/mol. The minimum absolute atomic E-state index is 0.179. The van der Waals surface area contributed by atoms with Crippen LogP contribution in [0.1, 0.15) is 18.4 Å². The summed E-state index contributed by atoms with van der Waals surface area (Å²) in [5, 5.41) is 4.29. The fourth-order valence-corrected chi connectivity index (χ4v) is 3.60. The lowest BCUT2D eigenvalue weighted by molar-refractivity contribution is -0.139.